The van der Waals surface area contributed by atoms with Gasteiger partial charge in [0, 0.05) is 17.5 Å². The van der Waals surface area contributed by atoms with E-state index in [1.54, 1.807) is 6.20 Å². The highest BCUT2D eigenvalue weighted by atomic mass is 32.1. The van der Waals surface area contributed by atoms with Gasteiger partial charge in [-0.3, -0.25) is 4.79 Å². The molecule has 21 heavy (non-hydrogen) atoms. The van der Waals surface area contributed by atoms with E-state index in [1.807, 2.05) is 12.1 Å². The van der Waals surface area contributed by atoms with Gasteiger partial charge in [-0.25, -0.2) is 4.98 Å². The Bertz CT molecular complexity index is 590. The molecule has 1 heterocycles. The van der Waals surface area contributed by atoms with Gasteiger partial charge in [-0.1, -0.05) is 26.0 Å². The normalized spacial score (nSPS) is 10.8. The highest BCUT2D eigenvalue weighted by Crippen LogP contribution is 2.19. The summed E-state index contributed by atoms with van der Waals surface area (Å²) in [4.78, 5) is 15.6. The van der Waals surface area contributed by atoms with Crippen molar-refractivity contribution in [2.24, 2.45) is 0 Å². The molecule has 0 aliphatic heterocycles. The number of hydrogen-bond acceptors (Lipinski definition) is 4. The van der Waals surface area contributed by atoms with Crippen molar-refractivity contribution in [1.29, 1.82) is 0 Å². The number of rotatable bonds is 7. The van der Waals surface area contributed by atoms with E-state index in [0.29, 0.717) is 18.9 Å². The summed E-state index contributed by atoms with van der Waals surface area (Å²) in [5.74, 6) is 0.537. The quantitative estimate of drug-likeness (QED) is 0.850. The average molecular weight is 305 g/mol. The summed E-state index contributed by atoms with van der Waals surface area (Å²) in [6.07, 6.45) is 2.36. The average Bonchev–Trinajstić information content (AvgIpc) is 2.86. The van der Waals surface area contributed by atoms with Crippen molar-refractivity contribution in [3.63, 3.8) is 0 Å². The molecule has 0 saturated heterocycles. The molecule has 0 spiro atoms. The van der Waals surface area contributed by atoms with Gasteiger partial charge < -0.3 is 9.84 Å². The maximum Gasteiger partial charge on any atom is 0.308 e. The molecule has 0 fully saturated rings. The Kier molecular flexibility index (Phi) is 5.33. The molecule has 0 bridgehead atoms. The van der Waals surface area contributed by atoms with Crippen LogP contribution in [0.15, 0.2) is 30.5 Å². The molecule has 0 amide bonds. The van der Waals surface area contributed by atoms with Crippen LogP contribution in [0.2, 0.25) is 0 Å². The molecule has 0 atom stereocenters. The van der Waals surface area contributed by atoms with Gasteiger partial charge in [0.05, 0.1) is 18.0 Å². The van der Waals surface area contributed by atoms with Gasteiger partial charge in [0.15, 0.2) is 0 Å². The highest BCUT2D eigenvalue weighted by molar-refractivity contribution is 7.11. The van der Waals surface area contributed by atoms with Gasteiger partial charge >= 0.3 is 5.97 Å². The molecule has 5 heteroatoms. The number of thiazole rings is 1. The second-order valence-electron chi connectivity index (χ2n) is 5.11. The third-order valence-corrected chi connectivity index (χ3v) is 4.12. The largest absolute Gasteiger partial charge is 0.493 e. The molecule has 0 unspecified atom stereocenters. The van der Waals surface area contributed by atoms with Crippen LogP contribution >= 0.6 is 11.3 Å². The van der Waals surface area contributed by atoms with Gasteiger partial charge in [-0.15, -0.1) is 11.3 Å². The molecule has 112 valence electrons. The maximum absolute atomic E-state index is 10.6. The highest BCUT2D eigenvalue weighted by Gasteiger charge is 2.06. The number of hydrogen-bond donors (Lipinski definition) is 1. The summed E-state index contributed by atoms with van der Waals surface area (Å²) in [7, 11) is 0. The number of nitrogens with zero attached hydrogens (tertiary/aromatic N) is 1. The fourth-order valence-electron chi connectivity index (χ4n) is 1.90. The smallest absolute Gasteiger partial charge is 0.308 e. The topological polar surface area (TPSA) is 59.4 Å². The molecule has 2 aromatic rings. The molecular formula is C16H19NO3S. The summed E-state index contributed by atoms with van der Waals surface area (Å²) in [6, 6.07) is 8.11. The standard InChI is InChI=1S/C16H19NO3S/c1-11(2)12-3-5-13(6-4-12)20-8-7-15-17-10-14(21-15)9-16(18)19/h3-6,10-11H,7-9H2,1-2H3,(H,18,19). The number of carbonyl (C=O) groups is 1. The molecule has 0 aliphatic carbocycles. The first-order valence-electron chi connectivity index (χ1n) is 6.92. The lowest BCUT2D eigenvalue weighted by Gasteiger charge is -2.08. The molecule has 0 radical (unpaired) electrons. The van der Waals surface area contributed by atoms with Crippen LogP contribution < -0.4 is 4.74 Å². The number of carboxylic acid groups (broad SMARTS) is 1. The Morgan fingerprint density at radius 1 is 1.33 bits per heavy atom. The number of aromatic nitrogens is 1. The summed E-state index contributed by atoms with van der Waals surface area (Å²) >= 11 is 1.43. The lowest BCUT2D eigenvalue weighted by Crippen LogP contribution is -2.01. The van der Waals surface area contributed by atoms with Crippen LogP contribution in [0.1, 0.15) is 35.2 Å². The van der Waals surface area contributed by atoms with Crippen molar-refractivity contribution in [1.82, 2.24) is 4.98 Å². The van der Waals surface area contributed by atoms with Crippen molar-refractivity contribution >= 4 is 17.3 Å². The van der Waals surface area contributed by atoms with Crippen molar-refractivity contribution < 1.29 is 14.6 Å². The van der Waals surface area contributed by atoms with E-state index in [4.69, 9.17) is 9.84 Å². The minimum atomic E-state index is -0.827. The Balaban J connectivity index is 1.81. The zero-order valence-corrected chi connectivity index (χ0v) is 13.0. The van der Waals surface area contributed by atoms with Gasteiger partial charge in [0.25, 0.3) is 0 Å². The van der Waals surface area contributed by atoms with Crippen LogP contribution in [0.4, 0.5) is 0 Å². The Hall–Kier alpha value is -1.88. The van der Waals surface area contributed by atoms with Crippen molar-refractivity contribution in [2.75, 3.05) is 6.61 Å². The first-order chi connectivity index (χ1) is 10.0. The van der Waals surface area contributed by atoms with E-state index in [-0.39, 0.29) is 6.42 Å². The van der Waals surface area contributed by atoms with E-state index >= 15 is 0 Å². The second-order valence-corrected chi connectivity index (χ2v) is 6.31. The fourth-order valence-corrected chi connectivity index (χ4v) is 2.79. The number of ether oxygens (including phenoxy) is 1. The van der Waals surface area contributed by atoms with Crippen LogP contribution in [-0.2, 0) is 17.6 Å². The van der Waals surface area contributed by atoms with Crippen LogP contribution in [0, 0.1) is 0 Å². The number of carboxylic acids is 1. The van der Waals surface area contributed by atoms with Crippen molar-refractivity contribution in [2.45, 2.75) is 32.6 Å². The van der Waals surface area contributed by atoms with Crippen LogP contribution in [-0.4, -0.2) is 22.7 Å². The molecule has 0 aliphatic rings. The van der Waals surface area contributed by atoms with Crippen molar-refractivity contribution in [3.05, 3.63) is 45.9 Å². The summed E-state index contributed by atoms with van der Waals surface area (Å²) in [5, 5.41) is 9.62. The fraction of sp³-hybridized carbons (Fsp3) is 0.375. The van der Waals surface area contributed by atoms with Crippen molar-refractivity contribution in [3.8, 4) is 5.75 Å². The van der Waals surface area contributed by atoms with E-state index in [1.165, 1.54) is 16.9 Å². The molecule has 1 aromatic carbocycles. The molecule has 1 aromatic heterocycles. The van der Waals surface area contributed by atoms with E-state index in [0.717, 1.165) is 15.6 Å². The summed E-state index contributed by atoms with van der Waals surface area (Å²) in [6.45, 7) is 4.86. The van der Waals surface area contributed by atoms with E-state index in [2.05, 4.69) is 31.0 Å². The lowest BCUT2D eigenvalue weighted by molar-refractivity contribution is -0.136. The molecular weight excluding hydrogens is 286 g/mol. The van der Waals surface area contributed by atoms with E-state index < -0.39 is 5.97 Å². The van der Waals surface area contributed by atoms with Gasteiger partial charge in [-0.05, 0) is 23.6 Å². The zero-order valence-electron chi connectivity index (χ0n) is 12.2. The Morgan fingerprint density at radius 2 is 2.05 bits per heavy atom. The Morgan fingerprint density at radius 3 is 2.67 bits per heavy atom. The SMILES string of the molecule is CC(C)c1ccc(OCCc2ncc(CC(=O)O)s2)cc1. The predicted octanol–water partition coefficient (Wildman–Crippen LogP) is 3.52. The van der Waals surface area contributed by atoms with Gasteiger partial charge in [-0.2, -0.15) is 0 Å². The maximum atomic E-state index is 10.6. The van der Waals surface area contributed by atoms with Gasteiger partial charge in [0.2, 0.25) is 0 Å². The monoisotopic (exact) mass is 305 g/mol. The predicted molar refractivity (Wildman–Crippen MR) is 83.2 cm³/mol. The summed E-state index contributed by atoms with van der Waals surface area (Å²) < 4.78 is 5.69. The van der Waals surface area contributed by atoms with Gasteiger partial charge in [0.1, 0.15) is 5.75 Å². The first kappa shape index (κ1) is 15.5. The molecule has 4 nitrogen and oxygen atoms in total. The number of benzene rings is 1. The Labute approximate surface area is 128 Å². The molecule has 1 N–H and O–H groups in total. The lowest BCUT2D eigenvalue weighted by atomic mass is 10.0. The molecule has 2 rings (SSSR count). The van der Waals surface area contributed by atoms with E-state index in [9.17, 15) is 4.79 Å². The number of aliphatic carboxylic acids is 1. The van der Waals surface area contributed by atoms with Crippen LogP contribution in [0.25, 0.3) is 0 Å². The summed E-state index contributed by atoms with van der Waals surface area (Å²) in [5.41, 5.74) is 1.29. The first-order valence-corrected chi connectivity index (χ1v) is 7.74. The third-order valence-electron chi connectivity index (χ3n) is 3.06. The van der Waals surface area contributed by atoms with Crippen LogP contribution in [0.5, 0.6) is 5.75 Å². The minimum Gasteiger partial charge on any atom is -0.493 e. The third kappa shape index (κ3) is 4.86. The second kappa shape index (κ2) is 7.22. The zero-order chi connectivity index (χ0) is 15.2. The molecule has 0 saturated carbocycles. The minimum absolute atomic E-state index is 0.0369. The van der Waals surface area contributed by atoms with Crippen LogP contribution in [0.3, 0.4) is 0 Å².